The Bertz CT molecular complexity index is 531. The van der Waals surface area contributed by atoms with Crippen molar-refractivity contribution in [3.8, 4) is 0 Å². The highest BCUT2D eigenvalue weighted by Crippen LogP contribution is 2.33. The first kappa shape index (κ1) is 18.1. The van der Waals surface area contributed by atoms with Crippen LogP contribution in [0, 0.1) is 5.92 Å². The van der Waals surface area contributed by atoms with Crippen LogP contribution in [0.2, 0.25) is 10.0 Å². The maximum atomic E-state index is 11.9. The zero-order valence-corrected chi connectivity index (χ0v) is 14.5. The van der Waals surface area contributed by atoms with E-state index in [1.165, 1.54) is 0 Å². The average Bonchev–Trinajstić information content (AvgIpc) is 2.39. The summed E-state index contributed by atoms with van der Waals surface area (Å²) in [6, 6.07) is 1.50. The third kappa shape index (κ3) is 5.05. The minimum Gasteiger partial charge on any atom is -0.480 e. The van der Waals surface area contributed by atoms with Gasteiger partial charge in [0.05, 0.1) is 15.7 Å². The van der Waals surface area contributed by atoms with Gasteiger partial charge >= 0.3 is 12.0 Å². The molecule has 2 amide bonds. The molecule has 0 heterocycles. The zero-order valence-electron chi connectivity index (χ0n) is 11.4. The van der Waals surface area contributed by atoms with E-state index >= 15 is 0 Å². The molecular formula is C13H15BrCl2N2O3. The fraction of sp³-hybridized carbons (Fsp3) is 0.385. The molecule has 1 aromatic carbocycles. The summed E-state index contributed by atoms with van der Waals surface area (Å²) in [7, 11) is 0. The van der Waals surface area contributed by atoms with Crippen molar-refractivity contribution in [2.45, 2.75) is 26.3 Å². The number of benzene rings is 1. The molecule has 1 aromatic rings. The number of rotatable bonds is 5. The minimum atomic E-state index is -1.09. The molecule has 0 aromatic heterocycles. The third-order valence-electron chi connectivity index (χ3n) is 3.01. The number of urea groups is 1. The Morgan fingerprint density at radius 2 is 1.86 bits per heavy atom. The van der Waals surface area contributed by atoms with Crippen molar-refractivity contribution >= 4 is 56.8 Å². The van der Waals surface area contributed by atoms with Crippen LogP contribution in [0.4, 0.5) is 10.5 Å². The maximum absolute atomic E-state index is 11.9. The molecule has 5 nitrogen and oxygen atoms in total. The molecule has 0 aliphatic heterocycles. The molecule has 3 N–H and O–H groups in total. The van der Waals surface area contributed by atoms with Gasteiger partial charge in [0.2, 0.25) is 0 Å². The van der Waals surface area contributed by atoms with Crippen molar-refractivity contribution in [2.75, 3.05) is 5.32 Å². The van der Waals surface area contributed by atoms with Crippen LogP contribution in [0.15, 0.2) is 16.6 Å². The van der Waals surface area contributed by atoms with Gasteiger partial charge in [0.1, 0.15) is 6.04 Å². The lowest BCUT2D eigenvalue weighted by Gasteiger charge is -2.20. The third-order valence-corrected chi connectivity index (χ3v) is 4.07. The second-order valence-corrected chi connectivity index (χ2v) is 6.27. The number of nitrogens with one attached hydrogen (secondary N) is 2. The Morgan fingerprint density at radius 1 is 1.33 bits per heavy atom. The molecule has 8 heteroatoms. The number of hydrogen-bond donors (Lipinski definition) is 3. The first-order valence-electron chi connectivity index (χ1n) is 6.21. The van der Waals surface area contributed by atoms with Crippen molar-refractivity contribution in [2.24, 2.45) is 5.92 Å². The van der Waals surface area contributed by atoms with Gasteiger partial charge in [-0.15, -0.1) is 0 Å². The number of anilines is 1. The summed E-state index contributed by atoms with van der Waals surface area (Å²) in [5.74, 6) is -1.29. The number of hydrogen-bond acceptors (Lipinski definition) is 2. The van der Waals surface area contributed by atoms with Crippen molar-refractivity contribution in [3.05, 3.63) is 26.7 Å². The fourth-order valence-electron chi connectivity index (χ4n) is 1.64. The topological polar surface area (TPSA) is 78.4 Å². The Labute approximate surface area is 141 Å². The monoisotopic (exact) mass is 396 g/mol. The van der Waals surface area contributed by atoms with E-state index in [-0.39, 0.29) is 21.7 Å². The molecule has 2 atom stereocenters. The van der Waals surface area contributed by atoms with Crippen molar-refractivity contribution in [3.63, 3.8) is 0 Å². The Balaban J connectivity index is 2.84. The number of carboxylic acid groups (broad SMARTS) is 1. The normalized spacial score (nSPS) is 13.4. The lowest BCUT2D eigenvalue weighted by Crippen LogP contribution is -2.46. The molecule has 0 spiro atoms. The Kier molecular flexibility index (Phi) is 6.77. The molecule has 0 unspecified atom stereocenters. The summed E-state index contributed by atoms with van der Waals surface area (Å²) in [4.78, 5) is 23.1. The number of halogens is 3. The van der Waals surface area contributed by atoms with E-state index in [2.05, 4.69) is 26.6 Å². The highest BCUT2D eigenvalue weighted by Gasteiger charge is 2.25. The molecule has 0 saturated carbocycles. The molecule has 0 fully saturated rings. The number of aliphatic carboxylic acids is 1. The van der Waals surface area contributed by atoms with E-state index in [0.717, 1.165) is 0 Å². The van der Waals surface area contributed by atoms with Gasteiger partial charge in [-0.3, -0.25) is 0 Å². The van der Waals surface area contributed by atoms with Crippen LogP contribution >= 0.6 is 39.1 Å². The second kappa shape index (κ2) is 7.87. The van der Waals surface area contributed by atoms with Crippen LogP contribution in [-0.4, -0.2) is 23.1 Å². The summed E-state index contributed by atoms with van der Waals surface area (Å²) in [6.07, 6.45) is 0.622. The lowest BCUT2D eigenvalue weighted by atomic mass is 9.99. The summed E-state index contributed by atoms with van der Waals surface area (Å²) in [5, 5.41) is 14.5. The Hall–Kier alpha value is -0.980. The minimum absolute atomic E-state index is 0.205. The van der Waals surface area contributed by atoms with Crippen LogP contribution < -0.4 is 10.6 Å². The van der Waals surface area contributed by atoms with Gasteiger partial charge in [0, 0.05) is 4.47 Å². The van der Waals surface area contributed by atoms with Crippen LogP contribution in [0.3, 0.4) is 0 Å². The Morgan fingerprint density at radius 3 is 2.29 bits per heavy atom. The summed E-state index contributed by atoms with van der Waals surface area (Å²) < 4.78 is 0.673. The SMILES string of the molecule is CC[C@H](C)[C@H](NC(=O)Nc1c(Cl)cc(Br)cc1Cl)C(=O)O. The predicted octanol–water partition coefficient (Wildman–Crippen LogP) is 4.38. The van der Waals surface area contributed by atoms with Gasteiger partial charge < -0.3 is 15.7 Å². The second-order valence-electron chi connectivity index (χ2n) is 4.54. The zero-order chi connectivity index (χ0) is 16.2. The molecule has 0 saturated heterocycles. The quantitative estimate of drug-likeness (QED) is 0.689. The van der Waals surface area contributed by atoms with Crippen LogP contribution in [0.5, 0.6) is 0 Å². The molecular weight excluding hydrogens is 383 g/mol. The van der Waals surface area contributed by atoms with E-state index in [1.807, 2.05) is 6.92 Å². The number of carbonyl (C=O) groups excluding carboxylic acids is 1. The van der Waals surface area contributed by atoms with E-state index in [9.17, 15) is 9.59 Å². The maximum Gasteiger partial charge on any atom is 0.326 e. The predicted molar refractivity (Wildman–Crippen MR) is 87.2 cm³/mol. The van der Waals surface area contributed by atoms with Gasteiger partial charge in [-0.1, -0.05) is 59.4 Å². The van der Waals surface area contributed by atoms with Crippen molar-refractivity contribution < 1.29 is 14.7 Å². The number of amides is 2. The standard InChI is InChI=1S/C13H15BrCl2N2O3/c1-3-6(2)10(12(19)20)17-13(21)18-11-8(15)4-7(14)5-9(11)16/h4-6,10H,3H2,1-2H3,(H,19,20)(H2,17,18,21)/t6-,10-/m0/s1. The van der Waals surface area contributed by atoms with E-state index < -0.39 is 18.0 Å². The fourth-order valence-corrected chi connectivity index (χ4v) is 2.94. The number of carboxylic acids is 1. The molecule has 0 radical (unpaired) electrons. The molecule has 1 rings (SSSR count). The lowest BCUT2D eigenvalue weighted by molar-refractivity contribution is -0.140. The van der Waals surface area contributed by atoms with E-state index in [1.54, 1.807) is 19.1 Å². The van der Waals surface area contributed by atoms with Gasteiger partial charge in [0.15, 0.2) is 0 Å². The van der Waals surface area contributed by atoms with Gasteiger partial charge in [-0.05, 0) is 18.1 Å². The van der Waals surface area contributed by atoms with Gasteiger partial charge in [-0.2, -0.15) is 0 Å². The van der Waals surface area contributed by atoms with Gasteiger partial charge in [0.25, 0.3) is 0 Å². The van der Waals surface area contributed by atoms with Crippen LogP contribution in [0.25, 0.3) is 0 Å². The summed E-state index contributed by atoms with van der Waals surface area (Å²) >= 11 is 15.2. The molecule has 21 heavy (non-hydrogen) atoms. The average molecular weight is 398 g/mol. The first-order valence-corrected chi connectivity index (χ1v) is 7.76. The van der Waals surface area contributed by atoms with Crippen molar-refractivity contribution in [1.29, 1.82) is 0 Å². The molecule has 0 aliphatic rings. The highest BCUT2D eigenvalue weighted by molar-refractivity contribution is 9.10. The number of carbonyl (C=O) groups is 2. The summed E-state index contributed by atoms with van der Waals surface area (Å²) in [5.41, 5.74) is 0.229. The molecule has 0 bridgehead atoms. The summed E-state index contributed by atoms with van der Waals surface area (Å²) in [6.45, 7) is 3.60. The van der Waals surface area contributed by atoms with Crippen LogP contribution in [-0.2, 0) is 4.79 Å². The van der Waals surface area contributed by atoms with E-state index in [4.69, 9.17) is 28.3 Å². The van der Waals surface area contributed by atoms with Gasteiger partial charge in [-0.25, -0.2) is 9.59 Å². The molecule has 0 aliphatic carbocycles. The van der Waals surface area contributed by atoms with Crippen molar-refractivity contribution in [1.82, 2.24) is 5.32 Å². The molecule has 116 valence electrons. The first-order chi connectivity index (χ1) is 9.76. The van der Waals surface area contributed by atoms with Crippen LogP contribution in [0.1, 0.15) is 20.3 Å². The largest absolute Gasteiger partial charge is 0.480 e. The highest BCUT2D eigenvalue weighted by atomic mass is 79.9. The van der Waals surface area contributed by atoms with E-state index in [0.29, 0.717) is 10.9 Å². The smallest absolute Gasteiger partial charge is 0.326 e.